The molecule has 2 N–H and O–H groups in total. The van der Waals surface area contributed by atoms with E-state index in [1.165, 1.54) is 70.0 Å². The first-order chi connectivity index (χ1) is 9.81. The van der Waals surface area contributed by atoms with Crippen LogP contribution < -0.4 is 10.6 Å². The summed E-state index contributed by atoms with van der Waals surface area (Å²) in [4.78, 5) is 4.92. The van der Waals surface area contributed by atoms with Gasteiger partial charge in [0, 0.05) is 12.6 Å². The van der Waals surface area contributed by atoms with Gasteiger partial charge in [-0.1, -0.05) is 45.4 Å². The van der Waals surface area contributed by atoms with Crippen LogP contribution in [0.2, 0.25) is 0 Å². The third-order valence-corrected chi connectivity index (χ3v) is 5.74. The fourth-order valence-electron chi connectivity index (χ4n) is 4.42. The minimum Gasteiger partial charge on any atom is -0.370 e. The van der Waals surface area contributed by atoms with E-state index >= 15 is 0 Å². The molecule has 1 aliphatic heterocycles. The maximum absolute atomic E-state index is 4.92. The van der Waals surface area contributed by atoms with Crippen LogP contribution in [0, 0.1) is 5.92 Å². The number of amidine groups is 1. The first-order valence-electron chi connectivity index (χ1n) is 8.88. The van der Waals surface area contributed by atoms with Crippen LogP contribution in [-0.2, 0) is 0 Å². The molecule has 1 spiro atoms. The van der Waals surface area contributed by atoms with Crippen molar-refractivity contribution in [2.45, 2.75) is 82.7 Å². The van der Waals surface area contributed by atoms with Crippen molar-refractivity contribution in [2.75, 3.05) is 13.1 Å². The minimum atomic E-state index is 0.169. The fraction of sp³-hybridized carbons (Fsp3) is 0.941. The SMILES string of the molecule is C[C@@H]1CCCC[C@]12NCCN=C2NC1CCCCCC1. The zero-order valence-corrected chi connectivity index (χ0v) is 13.1. The van der Waals surface area contributed by atoms with Gasteiger partial charge in [0.15, 0.2) is 0 Å². The predicted octanol–water partition coefficient (Wildman–Crippen LogP) is 3.25. The van der Waals surface area contributed by atoms with Crippen LogP contribution in [0.4, 0.5) is 0 Å². The van der Waals surface area contributed by atoms with Crippen molar-refractivity contribution >= 4 is 5.84 Å². The van der Waals surface area contributed by atoms with E-state index in [-0.39, 0.29) is 5.54 Å². The van der Waals surface area contributed by atoms with E-state index < -0.39 is 0 Å². The molecule has 114 valence electrons. The highest BCUT2D eigenvalue weighted by Crippen LogP contribution is 2.35. The van der Waals surface area contributed by atoms with E-state index in [0.29, 0.717) is 12.0 Å². The molecule has 2 fully saturated rings. The van der Waals surface area contributed by atoms with E-state index in [4.69, 9.17) is 4.99 Å². The average Bonchev–Trinajstić information content (AvgIpc) is 2.73. The first kappa shape index (κ1) is 14.4. The Morgan fingerprint density at radius 3 is 2.55 bits per heavy atom. The maximum atomic E-state index is 4.92. The summed E-state index contributed by atoms with van der Waals surface area (Å²) in [5.41, 5.74) is 0.169. The molecule has 0 radical (unpaired) electrons. The van der Waals surface area contributed by atoms with E-state index in [1.807, 2.05) is 0 Å². The molecule has 0 amide bonds. The lowest BCUT2D eigenvalue weighted by Gasteiger charge is -2.47. The summed E-state index contributed by atoms with van der Waals surface area (Å²) in [5.74, 6) is 2.02. The normalized spacial score (nSPS) is 36.5. The zero-order chi connectivity index (χ0) is 13.8. The molecule has 0 aromatic rings. The van der Waals surface area contributed by atoms with Gasteiger partial charge in [0.25, 0.3) is 0 Å². The summed E-state index contributed by atoms with van der Waals surface area (Å²) >= 11 is 0. The molecule has 1 heterocycles. The Balaban J connectivity index is 1.73. The predicted molar refractivity (Wildman–Crippen MR) is 85.3 cm³/mol. The summed E-state index contributed by atoms with van der Waals surface area (Å²) in [6.45, 7) is 4.42. The molecular weight excluding hydrogens is 246 g/mol. The summed E-state index contributed by atoms with van der Waals surface area (Å²) in [7, 11) is 0. The van der Waals surface area contributed by atoms with Crippen molar-refractivity contribution in [1.29, 1.82) is 0 Å². The molecule has 0 unspecified atom stereocenters. The summed E-state index contributed by atoms with van der Waals surface area (Å²) < 4.78 is 0. The lowest BCUT2D eigenvalue weighted by Crippen LogP contribution is -2.65. The fourth-order valence-corrected chi connectivity index (χ4v) is 4.42. The smallest absolute Gasteiger partial charge is 0.117 e. The molecule has 3 aliphatic rings. The van der Waals surface area contributed by atoms with Gasteiger partial charge in [0.2, 0.25) is 0 Å². The molecule has 3 nitrogen and oxygen atoms in total. The third-order valence-electron chi connectivity index (χ3n) is 5.74. The van der Waals surface area contributed by atoms with Crippen LogP contribution in [0.1, 0.15) is 71.1 Å². The Kier molecular flexibility index (Phi) is 4.65. The van der Waals surface area contributed by atoms with Crippen molar-refractivity contribution in [3.05, 3.63) is 0 Å². The number of aliphatic imine (C=N–C) groups is 1. The van der Waals surface area contributed by atoms with Crippen LogP contribution >= 0.6 is 0 Å². The Labute approximate surface area is 124 Å². The van der Waals surface area contributed by atoms with Gasteiger partial charge in [-0.25, -0.2) is 0 Å². The third kappa shape index (κ3) is 2.88. The topological polar surface area (TPSA) is 36.4 Å². The van der Waals surface area contributed by atoms with Gasteiger partial charge >= 0.3 is 0 Å². The van der Waals surface area contributed by atoms with E-state index in [1.54, 1.807) is 0 Å². The standard InChI is InChI=1S/C17H31N3/c1-14-8-6-7-11-17(14)16(18-12-13-19-17)20-15-9-4-2-3-5-10-15/h14-15,19H,2-13H2,1H3,(H,18,20)/t14-,17+/m1/s1. The summed E-state index contributed by atoms with van der Waals surface area (Å²) in [6.07, 6.45) is 13.7. The molecule has 2 aliphatic carbocycles. The van der Waals surface area contributed by atoms with E-state index in [0.717, 1.165) is 13.1 Å². The Morgan fingerprint density at radius 1 is 1.05 bits per heavy atom. The molecule has 3 heteroatoms. The van der Waals surface area contributed by atoms with Crippen LogP contribution in [0.25, 0.3) is 0 Å². The molecular formula is C17H31N3. The van der Waals surface area contributed by atoms with Crippen molar-refractivity contribution in [2.24, 2.45) is 10.9 Å². The quantitative estimate of drug-likeness (QED) is 0.722. The monoisotopic (exact) mass is 277 g/mol. The molecule has 2 saturated carbocycles. The van der Waals surface area contributed by atoms with E-state index in [2.05, 4.69) is 17.6 Å². The Bertz CT molecular complexity index is 344. The summed E-state index contributed by atoms with van der Waals surface area (Å²) in [5, 5.41) is 7.72. The second-order valence-electron chi connectivity index (χ2n) is 7.11. The molecule has 0 aromatic heterocycles. The van der Waals surface area contributed by atoms with Crippen molar-refractivity contribution in [3.63, 3.8) is 0 Å². The second-order valence-corrected chi connectivity index (χ2v) is 7.11. The van der Waals surface area contributed by atoms with Gasteiger partial charge < -0.3 is 10.6 Å². The average molecular weight is 277 g/mol. The van der Waals surface area contributed by atoms with Gasteiger partial charge in [0.1, 0.15) is 5.84 Å². The van der Waals surface area contributed by atoms with Crippen LogP contribution in [0.3, 0.4) is 0 Å². The second kappa shape index (κ2) is 6.46. The summed E-state index contributed by atoms with van der Waals surface area (Å²) in [6, 6.07) is 0.669. The van der Waals surface area contributed by atoms with Gasteiger partial charge in [-0.3, -0.25) is 4.99 Å². The van der Waals surface area contributed by atoms with Gasteiger partial charge in [0.05, 0.1) is 12.1 Å². The molecule has 0 saturated heterocycles. The Morgan fingerprint density at radius 2 is 1.80 bits per heavy atom. The van der Waals surface area contributed by atoms with Crippen molar-refractivity contribution in [3.8, 4) is 0 Å². The highest BCUT2D eigenvalue weighted by atomic mass is 15.2. The molecule has 0 bridgehead atoms. The molecule has 2 atom stereocenters. The van der Waals surface area contributed by atoms with Gasteiger partial charge in [-0.2, -0.15) is 0 Å². The van der Waals surface area contributed by atoms with Gasteiger partial charge in [-0.05, 0) is 31.6 Å². The number of hydrogen-bond donors (Lipinski definition) is 2. The highest BCUT2D eigenvalue weighted by Gasteiger charge is 2.44. The lowest BCUT2D eigenvalue weighted by atomic mass is 9.72. The first-order valence-corrected chi connectivity index (χ1v) is 8.88. The Hall–Kier alpha value is -0.570. The number of hydrogen-bond acceptors (Lipinski definition) is 3. The molecule has 20 heavy (non-hydrogen) atoms. The number of rotatable bonds is 1. The minimum absolute atomic E-state index is 0.169. The molecule has 3 rings (SSSR count). The van der Waals surface area contributed by atoms with Crippen LogP contribution in [0.15, 0.2) is 4.99 Å². The van der Waals surface area contributed by atoms with Crippen LogP contribution in [-0.4, -0.2) is 30.5 Å². The van der Waals surface area contributed by atoms with Gasteiger partial charge in [-0.15, -0.1) is 0 Å². The highest BCUT2D eigenvalue weighted by molar-refractivity contribution is 5.93. The largest absolute Gasteiger partial charge is 0.370 e. The number of nitrogens with zero attached hydrogens (tertiary/aromatic N) is 1. The molecule has 0 aromatic carbocycles. The number of nitrogens with one attached hydrogen (secondary N) is 2. The van der Waals surface area contributed by atoms with Crippen molar-refractivity contribution in [1.82, 2.24) is 10.6 Å². The van der Waals surface area contributed by atoms with Crippen molar-refractivity contribution < 1.29 is 0 Å². The van der Waals surface area contributed by atoms with E-state index in [9.17, 15) is 0 Å². The van der Waals surface area contributed by atoms with Crippen LogP contribution in [0.5, 0.6) is 0 Å². The maximum Gasteiger partial charge on any atom is 0.117 e. The lowest BCUT2D eigenvalue weighted by molar-refractivity contribution is 0.212. The zero-order valence-electron chi connectivity index (χ0n) is 13.1.